The fourth-order valence-electron chi connectivity index (χ4n) is 3.79. The van der Waals surface area contributed by atoms with E-state index in [0.717, 1.165) is 29.8 Å². The summed E-state index contributed by atoms with van der Waals surface area (Å²) >= 11 is 0. The normalized spacial score (nSPS) is 15.6. The van der Waals surface area contributed by atoms with E-state index in [4.69, 9.17) is 5.41 Å². The highest BCUT2D eigenvalue weighted by atomic mass is 16.1. The van der Waals surface area contributed by atoms with Crippen LogP contribution in [0.15, 0.2) is 30.5 Å². The van der Waals surface area contributed by atoms with Crippen LogP contribution in [0.25, 0.3) is 0 Å². The Bertz CT molecular complexity index is 912. The van der Waals surface area contributed by atoms with E-state index in [1.54, 1.807) is 13.1 Å². The molecule has 1 amide bonds. The first-order valence-corrected chi connectivity index (χ1v) is 10.1. The van der Waals surface area contributed by atoms with E-state index < -0.39 is 0 Å². The fraction of sp³-hybridized carbons (Fsp3) is 0.435. The molecule has 0 aliphatic heterocycles. The summed E-state index contributed by atoms with van der Waals surface area (Å²) in [7, 11) is 0. The van der Waals surface area contributed by atoms with Crippen LogP contribution in [-0.4, -0.2) is 16.7 Å². The minimum atomic E-state index is -0.0276. The molecule has 154 valence electrons. The summed E-state index contributed by atoms with van der Waals surface area (Å²) in [5.74, 6) is 1.10. The number of hydrogen-bond donors (Lipinski definition) is 4. The molecule has 1 atom stereocenters. The van der Waals surface area contributed by atoms with Crippen molar-refractivity contribution in [1.82, 2.24) is 4.98 Å². The lowest BCUT2D eigenvalue weighted by Crippen LogP contribution is -2.20. The van der Waals surface area contributed by atoms with Gasteiger partial charge in [-0.2, -0.15) is 0 Å². The number of hydrogen-bond acceptors (Lipinski definition) is 4. The van der Waals surface area contributed by atoms with Gasteiger partial charge in [0.1, 0.15) is 5.82 Å². The summed E-state index contributed by atoms with van der Waals surface area (Å²) in [6, 6.07) is 8.22. The van der Waals surface area contributed by atoms with Crippen LogP contribution in [0.1, 0.15) is 63.3 Å². The first-order chi connectivity index (χ1) is 13.6. The fourth-order valence-corrected chi connectivity index (χ4v) is 3.79. The lowest BCUT2D eigenvalue weighted by molar-refractivity contribution is -0.117. The van der Waals surface area contributed by atoms with Crippen LogP contribution in [0.4, 0.5) is 17.2 Å². The summed E-state index contributed by atoms with van der Waals surface area (Å²) in [6.45, 7) is 9.99. The molecule has 4 N–H and O–H groups in total. The molecule has 6 heteroatoms. The lowest BCUT2D eigenvalue weighted by atomic mass is 9.92. The number of nitrogens with zero attached hydrogens (tertiary/aromatic N) is 1. The molecule has 1 aromatic heterocycles. The quantitative estimate of drug-likeness (QED) is 0.411. The van der Waals surface area contributed by atoms with Gasteiger partial charge >= 0.3 is 0 Å². The van der Waals surface area contributed by atoms with Crippen molar-refractivity contribution in [2.24, 2.45) is 5.41 Å². The molecule has 6 nitrogen and oxygen atoms in total. The minimum Gasteiger partial charge on any atom is -0.377 e. The molecule has 0 spiro atoms. The first kappa shape index (κ1) is 20.8. The topological polar surface area (TPSA) is 89.9 Å². The van der Waals surface area contributed by atoms with Gasteiger partial charge in [0, 0.05) is 12.1 Å². The number of amides is 1. The van der Waals surface area contributed by atoms with E-state index in [2.05, 4.69) is 54.7 Å². The molecule has 1 aliphatic rings. The number of carbonyl (C=O) groups is 1. The van der Waals surface area contributed by atoms with Gasteiger partial charge in [0.2, 0.25) is 5.91 Å². The first-order valence-electron chi connectivity index (χ1n) is 10.1. The van der Waals surface area contributed by atoms with Gasteiger partial charge in [-0.3, -0.25) is 10.2 Å². The summed E-state index contributed by atoms with van der Waals surface area (Å²) < 4.78 is 0. The van der Waals surface area contributed by atoms with E-state index in [9.17, 15) is 4.79 Å². The number of pyridine rings is 1. The molecule has 1 aromatic carbocycles. The van der Waals surface area contributed by atoms with Crippen molar-refractivity contribution in [2.45, 2.75) is 59.9 Å². The number of aromatic nitrogens is 1. The van der Waals surface area contributed by atoms with Crippen LogP contribution in [0.3, 0.4) is 0 Å². The van der Waals surface area contributed by atoms with Gasteiger partial charge in [-0.25, -0.2) is 4.98 Å². The highest BCUT2D eigenvalue weighted by molar-refractivity contribution is 5.92. The third-order valence-corrected chi connectivity index (χ3v) is 5.08. The maximum absolute atomic E-state index is 12.3. The largest absolute Gasteiger partial charge is 0.377 e. The second-order valence-corrected chi connectivity index (χ2v) is 9.01. The van der Waals surface area contributed by atoms with Gasteiger partial charge in [0.25, 0.3) is 0 Å². The zero-order valence-corrected chi connectivity index (χ0v) is 17.9. The number of benzene rings is 1. The standard InChI is InChI=1S/C23H31N5O/c1-14-17-7-10-20(27-16-6-11-21(25-13-16)26-15(2)24)18(17)8-9-19(14)28-22(29)12-23(3,4)5/h6,8-9,11,13,20,27H,7,10,12H2,1-5H3,(H,28,29)(H2,24,25,26). The smallest absolute Gasteiger partial charge is 0.224 e. The number of amidine groups is 1. The number of nitrogens with one attached hydrogen (secondary N) is 4. The predicted octanol–water partition coefficient (Wildman–Crippen LogP) is 5.27. The van der Waals surface area contributed by atoms with E-state index >= 15 is 0 Å². The van der Waals surface area contributed by atoms with Crippen LogP contribution < -0.4 is 16.0 Å². The maximum Gasteiger partial charge on any atom is 0.224 e. The molecule has 3 rings (SSSR count). The second kappa shape index (κ2) is 8.23. The van der Waals surface area contributed by atoms with Gasteiger partial charge < -0.3 is 16.0 Å². The Kier molecular flexibility index (Phi) is 5.91. The second-order valence-electron chi connectivity index (χ2n) is 9.01. The molecule has 1 aliphatic carbocycles. The predicted molar refractivity (Wildman–Crippen MR) is 120 cm³/mol. The summed E-state index contributed by atoms with van der Waals surface area (Å²) in [5.41, 5.74) is 5.61. The molecule has 0 fully saturated rings. The lowest BCUT2D eigenvalue weighted by Gasteiger charge is -2.20. The monoisotopic (exact) mass is 393 g/mol. The SMILES string of the molecule is CC(=N)Nc1ccc(NC2CCc3c2ccc(NC(=O)CC(C)(C)C)c3C)cn1. The molecule has 0 radical (unpaired) electrons. The summed E-state index contributed by atoms with van der Waals surface area (Å²) in [6.07, 6.45) is 4.29. The van der Waals surface area contributed by atoms with E-state index in [1.807, 2.05) is 18.2 Å². The Morgan fingerprint density at radius 3 is 2.59 bits per heavy atom. The number of anilines is 3. The van der Waals surface area contributed by atoms with Gasteiger partial charge in [0.15, 0.2) is 0 Å². The average Bonchev–Trinajstić information content (AvgIpc) is 3.01. The van der Waals surface area contributed by atoms with Crippen LogP contribution in [0.5, 0.6) is 0 Å². The maximum atomic E-state index is 12.3. The van der Waals surface area contributed by atoms with Crippen molar-refractivity contribution in [3.05, 3.63) is 47.2 Å². The van der Waals surface area contributed by atoms with Crippen molar-refractivity contribution in [3.8, 4) is 0 Å². The highest BCUT2D eigenvalue weighted by Crippen LogP contribution is 2.38. The van der Waals surface area contributed by atoms with Gasteiger partial charge in [-0.1, -0.05) is 26.8 Å². The number of rotatable bonds is 5. The Morgan fingerprint density at radius 1 is 1.21 bits per heavy atom. The van der Waals surface area contributed by atoms with E-state index in [1.165, 1.54) is 11.1 Å². The average molecular weight is 394 g/mol. The van der Waals surface area contributed by atoms with E-state index in [0.29, 0.717) is 18.1 Å². The van der Waals surface area contributed by atoms with Gasteiger partial charge in [0.05, 0.1) is 23.8 Å². The number of carbonyl (C=O) groups excluding carboxylic acids is 1. The van der Waals surface area contributed by atoms with Crippen molar-refractivity contribution in [1.29, 1.82) is 5.41 Å². The molecule has 0 saturated heterocycles. The van der Waals surface area contributed by atoms with Crippen molar-refractivity contribution in [2.75, 3.05) is 16.0 Å². The molecule has 2 aromatic rings. The van der Waals surface area contributed by atoms with Crippen LogP contribution in [0.2, 0.25) is 0 Å². The third-order valence-electron chi connectivity index (χ3n) is 5.08. The third kappa shape index (κ3) is 5.34. The van der Waals surface area contributed by atoms with Crippen molar-refractivity contribution >= 4 is 28.9 Å². The molecular formula is C23H31N5O. The van der Waals surface area contributed by atoms with Crippen molar-refractivity contribution < 1.29 is 4.79 Å². The molecule has 0 bridgehead atoms. The van der Waals surface area contributed by atoms with Crippen LogP contribution in [-0.2, 0) is 11.2 Å². The zero-order valence-electron chi connectivity index (χ0n) is 17.9. The molecular weight excluding hydrogens is 362 g/mol. The Balaban J connectivity index is 1.70. The number of fused-ring (bicyclic) bond motifs is 1. The minimum absolute atomic E-state index is 0.0276. The van der Waals surface area contributed by atoms with Crippen LogP contribution >= 0.6 is 0 Å². The van der Waals surface area contributed by atoms with Crippen LogP contribution in [0, 0.1) is 17.7 Å². The molecule has 29 heavy (non-hydrogen) atoms. The Morgan fingerprint density at radius 2 is 1.97 bits per heavy atom. The Hall–Kier alpha value is -2.89. The van der Waals surface area contributed by atoms with E-state index in [-0.39, 0.29) is 17.4 Å². The van der Waals surface area contributed by atoms with Crippen molar-refractivity contribution in [3.63, 3.8) is 0 Å². The van der Waals surface area contributed by atoms with Gasteiger partial charge in [-0.05, 0) is 67.0 Å². The summed E-state index contributed by atoms with van der Waals surface area (Å²) in [5, 5.41) is 17.0. The molecule has 1 unspecified atom stereocenters. The summed E-state index contributed by atoms with van der Waals surface area (Å²) in [4.78, 5) is 16.7. The Labute approximate surface area is 173 Å². The van der Waals surface area contributed by atoms with Gasteiger partial charge in [-0.15, -0.1) is 0 Å². The molecule has 1 heterocycles. The molecule has 0 saturated carbocycles. The zero-order chi connectivity index (χ0) is 21.2. The highest BCUT2D eigenvalue weighted by Gasteiger charge is 2.25.